The van der Waals surface area contributed by atoms with Gasteiger partial charge in [0, 0.05) is 130 Å². The van der Waals surface area contributed by atoms with E-state index >= 15 is 4.39 Å². The Morgan fingerprint density at radius 3 is 1.60 bits per heavy atom. The molecular formula is C84H102FN17O23. The van der Waals surface area contributed by atoms with Gasteiger partial charge < -0.3 is 94.6 Å². The number of halogens is 1. The summed E-state index contributed by atoms with van der Waals surface area (Å²) in [6, 6.07) is 11.1. The molecule has 668 valence electrons. The molecule has 125 heavy (non-hydrogen) atoms. The molecule has 0 saturated carbocycles. The number of Topliss-reactive ketones (excluding diaryl/α,β-unsaturated/α-hetero) is 1. The summed E-state index contributed by atoms with van der Waals surface area (Å²) in [5.41, 5.74) is 7.59. The van der Waals surface area contributed by atoms with E-state index in [1.807, 2.05) is 0 Å². The number of rotatable bonds is 38. The van der Waals surface area contributed by atoms with Gasteiger partial charge in [0.15, 0.2) is 5.60 Å². The first-order valence-electron chi connectivity index (χ1n) is 39.8. The number of benzene rings is 3. The fraction of sp³-hybridized carbons (Fsp3) is 0.452. The predicted molar refractivity (Wildman–Crippen MR) is 443 cm³/mol. The standard InChI is InChI=1S/C84H102FN17O23/c1-14-84(122)56-31-61-79-54(35-101(61)81(119)55(56)46-124-82(84)120)78-58(25-24-53-48(3)57(85)32-59(89-79)77(53)78)90-83(121)125-45-49-17-21-51(22-18-49)87-80(118)60(33-63(86)104)88-64(105)26-20-50-19-23-52(102-66(107)27-28-67(102)108)30-62(50)123-29-15-16-65(106)92(5)36-69(110)94(7)38-71(112)96(9)40-73(114)98(11)42-75(116)100(13)44-76(117)99(12)43-74(115)97(10)41-72(113)95(8)39-70(111)93(6)37-68(109)91(4)34-47(2)103/h17-19,21-23,27-28,30-32,58,60,122H,14-16,20,24-26,29,33-46H2,1-13H3,(H2,86,104)(H,87,118)(H,88,105)(H,90,121)/t58-,60-,84-/m0/s1. The summed E-state index contributed by atoms with van der Waals surface area (Å²) < 4.78 is 34.0. The monoisotopic (exact) mass is 1740 g/mol. The number of carbonyl (C=O) groups is 18. The molecule has 2 aromatic heterocycles. The maximum Gasteiger partial charge on any atom is 0.407 e. The van der Waals surface area contributed by atoms with E-state index in [1.54, 1.807) is 32.0 Å². The van der Waals surface area contributed by atoms with Gasteiger partial charge in [-0.3, -0.25) is 81.5 Å². The van der Waals surface area contributed by atoms with Crippen molar-refractivity contribution in [2.75, 3.05) is 153 Å². The number of cyclic esters (lactones) is 1. The van der Waals surface area contributed by atoms with Gasteiger partial charge in [0.25, 0.3) is 17.4 Å². The largest absolute Gasteiger partial charge is 0.493 e. The first kappa shape index (κ1) is 95.0. The number of nitrogens with zero attached hydrogens (tertiary/aromatic N) is 13. The molecular weight excluding hydrogens is 1630 g/mol. The zero-order valence-electron chi connectivity index (χ0n) is 71.8. The molecule has 3 aromatic carbocycles. The Kier molecular flexibility index (Phi) is 31.0. The predicted octanol–water partition coefficient (Wildman–Crippen LogP) is -0.866. The number of esters is 1. The second-order valence-corrected chi connectivity index (χ2v) is 31.4. The third kappa shape index (κ3) is 23.1. The molecule has 3 atom stereocenters. The summed E-state index contributed by atoms with van der Waals surface area (Å²) >= 11 is 0. The Morgan fingerprint density at radius 1 is 0.632 bits per heavy atom. The number of fused-ring (bicyclic) bond motifs is 5. The van der Waals surface area contributed by atoms with Crippen LogP contribution in [-0.4, -0.2) is 319 Å². The molecule has 0 unspecified atom stereocenters. The number of nitrogens with two attached hydrogens (primary N) is 1. The molecule has 16 amide bonds. The van der Waals surface area contributed by atoms with Crippen LogP contribution < -0.4 is 36.9 Å². The minimum Gasteiger partial charge on any atom is -0.493 e. The fourth-order valence-corrected chi connectivity index (χ4v) is 14.3. The summed E-state index contributed by atoms with van der Waals surface area (Å²) in [7, 11) is 13.2. The van der Waals surface area contributed by atoms with Crippen LogP contribution in [-0.2, 0) is 129 Å². The van der Waals surface area contributed by atoms with E-state index in [9.17, 15) is 96.2 Å². The van der Waals surface area contributed by atoms with Crippen LogP contribution in [0.4, 0.5) is 20.6 Å². The highest BCUT2D eigenvalue weighted by Gasteiger charge is 2.46. The van der Waals surface area contributed by atoms with E-state index in [1.165, 1.54) is 118 Å². The quantitative estimate of drug-likeness (QED) is 0.0179. The van der Waals surface area contributed by atoms with E-state index in [4.69, 9.17) is 24.9 Å². The smallest absolute Gasteiger partial charge is 0.407 e. The van der Waals surface area contributed by atoms with Gasteiger partial charge in [-0.25, -0.2) is 23.9 Å². The van der Waals surface area contributed by atoms with Crippen LogP contribution in [0.15, 0.2) is 71.5 Å². The average molecular weight is 1740 g/mol. The Bertz CT molecular complexity index is 5290. The molecule has 1 aliphatic carbocycles. The number of ketones is 1. The number of carbonyl (C=O) groups excluding carboxylic acids is 18. The highest BCUT2D eigenvalue weighted by molar-refractivity contribution is 6.28. The zero-order chi connectivity index (χ0) is 92.1. The van der Waals surface area contributed by atoms with Crippen molar-refractivity contribution in [3.05, 3.63) is 127 Å². The SMILES string of the molecule is CC[C@@]1(O)C(=O)OCc2c1cc1n(c2=O)Cc2c-1nc1cc(F)c(C)c3c1c2[C@@H](NC(=O)OCc1ccc(NC(=O)[C@H](CC(N)=O)NC(=O)CCc2ccc(N4C(=O)C=CC4=O)cc2OCCCC(=O)N(C)CC(=O)N(C)CC(=O)N(C)CC(=O)N(C)CC(=O)N(C)CC(=O)N(C)CC(=O)N(C)CC(=O)N(C)CC(=O)N(C)CC(=O)N(C)CC(C)=O)cc1)CC3. The van der Waals surface area contributed by atoms with Crippen molar-refractivity contribution in [1.82, 2.24) is 69.2 Å². The van der Waals surface area contributed by atoms with Gasteiger partial charge in [0.05, 0.1) is 119 Å². The molecule has 41 heteroatoms. The highest BCUT2D eigenvalue weighted by Crippen LogP contribution is 2.46. The van der Waals surface area contributed by atoms with Gasteiger partial charge in [-0.05, 0) is 98.0 Å². The molecule has 3 aliphatic heterocycles. The maximum absolute atomic E-state index is 15.5. The maximum atomic E-state index is 15.5. The number of hydrogen-bond donors (Lipinski definition) is 5. The lowest BCUT2D eigenvalue weighted by Crippen LogP contribution is -2.49. The second kappa shape index (κ2) is 40.9. The van der Waals surface area contributed by atoms with Gasteiger partial charge >= 0.3 is 12.1 Å². The second-order valence-electron chi connectivity index (χ2n) is 31.4. The molecule has 0 saturated heterocycles. The molecule has 5 heterocycles. The first-order chi connectivity index (χ1) is 58.9. The molecule has 5 aromatic rings. The van der Waals surface area contributed by atoms with Crippen LogP contribution in [0.1, 0.15) is 103 Å². The Morgan fingerprint density at radius 2 is 1.12 bits per heavy atom. The van der Waals surface area contributed by atoms with Gasteiger partial charge in [-0.1, -0.05) is 25.1 Å². The average Bonchev–Trinajstić information content (AvgIpc) is 1.58. The van der Waals surface area contributed by atoms with Crippen LogP contribution in [0.2, 0.25) is 0 Å². The summed E-state index contributed by atoms with van der Waals surface area (Å²) in [6.07, 6.45) is 0.846. The van der Waals surface area contributed by atoms with Crippen molar-refractivity contribution >= 4 is 129 Å². The van der Waals surface area contributed by atoms with Crippen LogP contribution in [0.3, 0.4) is 0 Å². The third-order valence-electron chi connectivity index (χ3n) is 21.9. The topological polar surface area (TPSA) is 488 Å². The van der Waals surface area contributed by atoms with Crippen molar-refractivity contribution < 1.29 is 110 Å². The van der Waals surface area contributed by atoms with E-state index in [0.717, 1.165) is 66.1 Å². The van der Waals surface area contributed by atoms with Crippen LogP contribution in [0.5, 0.6) is 5.75 Å². The first-order valence-corrected chi connectivity index (χ1v) is 39.8. The molecule has 4 aliphatic rings. The molecule has 6 N–H and O–H groups in total. The minimum atomic E-state index is -2.09. The zero-order valence-corrected chi connectivity index (χ0v) is 71.8. The molecule has 9 rings (SSSR count). The van der Waals surface area contributed by atoms with Crippen molar-refractivity contribution in [3.63, 3.8) is 0 Å². The van der Waals surface area contributed by atoms with Crippen LogP contribution >= 0.6 is 0 Å². The third-order valence-corrected chi connectivity index (χ3v) is 21.9. The number of anilines is 2. The Labute approximate surface area is 717 Å². The van der Waals surface area contributed by atoms with Crippen molar-refractivity contribution in [2.24, 2.45) is 5.73 Å². The number of pyridine rings is 2. The number of likely N-dealkylation sites (N-methyl/N-ethyl adjacent to an activating group) is 10. The highest BCUT2D eigenvalue weighted by atomic mass is 19.1. The number of nitrogens with one attached hydrogen (secondary N) is 3. The molecule has 0 fully saturated rings. The number of aryl methyl sites for hydroxylation is 2. The number of ether oxygens (including phenoxy) is 3. The summed E-state index contributed by atoms with van der Waals surface area (Å²) in [5.74, 6) is -11.5. The number of amides is 16. The van der Waals surface area contributed by atoms with Gasteiger partial charge in [-0.15, -0.1) is 0 Å². The van der Waals surface area contributed by atoms with Gasteiger partial charge in [-0.2, -0.15) is 0 Å². The van der Waals surface area contributed by atoms with E-state index in [-0.39, 0.29) is 111 Å². The number of primary amides is 1. The van der Waals surface area contributed by atoms with Crippen LogP contribution in [0.25, 0.3) is 22.3 Å². The number of aliphatic hydroxyl groups is 1. The normalized spacial score (nSPS) is 14.7. The molecule has 0 bridgehead atoms. The number of hydrogen-bond acceptors (Lipinski definition) is 24. The number of alkyl carbamates (subject to hydrolysis) is 1. The van der Waals surface area contributed by atoms with E-state index < -0.39 is 189 Å². The summed E-state index contributed by atoms with van der Waals surface area (Å²) in [5, 5.41) is 20.2. The summed E-state index contributed by atoms with van der Waals surface area (Å²) in [6.45, 7) is -0.602. The minimum absolute atomic E-state index is 0.0161. The van der Waals surface area contributed by atoms with Gasteiger partial charge in [0.2, 0.25) is 76.8 Å². The number of imide groups is 1. The Hall–Kier alpha value is -13.9. The van der Waals surface area contributed by atoms with Crippen molar-refractivity contribution in [1.29, 1.82) is 0 Å². The lowest BCUT2D eigenvalue weighted by molar-refractivity contribution is -0.172. The fourth-order valence-electron chi connectivity index (χ4n) is 14.3. The molecule has 0 spiro atoms. The molecule has 40 nitrogen and oxygen atoms in total. The van der Waals surface area contributed by atoms with Crippen molar-refractivity contribution in [2.45, 2.75) is 110 Å². The van der Waals surface area contributed by atoms with Crippen molar-refractivity contribution in [3.8, 4) is 17.1 Å². The molecule has 0 radical (unpaired) electrons. The van der Waals surface area contributed by atoms with Gasteiger partial charge in [0.1, 0.15) is 36.6 Å². The number of aromatic nitrogens is 2. The van der Waals surface area contributed by atoms with Crippen LogP contribution in [0, 0.1) is 12.7 Å². The Balaban J connectivity index is 0.699. The lowest BCUT2D eigenvalue weighted by Gasteiger charge is -2.31. The van der Waals surface area contributed by atoms with E-state index in [2.05, 4.69) is 16.0 Å². The lowest BCUT2D eigenvalue weighted by atomic mass is 9.81. The summed E-state index contributed by atoms with van der Waals surface area (Å²) in [4.78, 5) is 264. The van der Waals surface area contributed by atoms with E-state index in [0.29, 0.717) is 63.0 Å².